The molecule has 1 aromatic carbocycles. The average molecular weight is 263 g/mol. The molecule has 1 fully saturated rings. The van der Waals surface area contributed by atoms with Crippen LogP contribution in [-0.4, -0.2) is 11.3 Å². The van der Waals surface area contributed by atoms with E-state index in [0.717, 1.165) is 5.92 Å². The van der Waals surface area contributed by atoms with Crippen molar-refractivity contribution in [1.82, 2.24) is 0 Å². The summed E-state index contributed by atoms with van der Waals surface area (Å²) in [6, 6.07) is 9.23. The van der Waals surface area contributed by atoms with Gasteiger partial charge in [0.25, 0.3) is 0 Å². The molecule has 0 saturated heterocycles. The van der Waals surface area contributed by atoms with E-state index in [2.05, 4.69) is 38.1 Å². The maximum atomic E-state index is 6.29. The largest absolute Gasteiger partial charge is 0.327 e. The maximum Gasteiger partial charge on any atom is 0.0248 e. The average Bonchev–Trinajstić information content (AvgIpc) is 2.36. The van der Waals surface area contributed by atoms with Gasteiger partial charge >= 0.3 is 0 Å². The third-order valence-electron chi connectivity index (χ3n) is 3.96. The van der Waals surface area contributed by atoms with Crippen LogP contribution in [0, 0.1) is 12.8 Å². The lowest BCUT2D eigenvalue weighted by atomic mass is 9.83. The molecule has 0 aliphatic heterocycles. The number of benzene rings is 1. The van der Waals surface area contributed by atoms with Crippen molar-refractivity contribution in [2.45, 2.75) is 62.1 Å². The molecule has 0 aromatic heterocycles. The van der Waals surface area contributed by atoms with Crippen LogP contribution in [0.2, 0.25) is 0 Å². The molecule has 0 bridgehead atoms. The van der Waals surface area contributed by atoms with Crippen LogP contribution in [-0.2, 0) is 0 Å². The minimum atomic E-state index is 0.379. The van der Waals surface area contributed by atoms with E-state index < -0.39 is 0 Å². The second-order valence-corrected chi connectivity index (χ2v) is 6.91. The summed E-state index contributed by atoms with van der Waals surface area (Å²) in [6.45, 7) is 4.43. The predicted molar refractivity (Wildman–Crippen MR) is 81.0 cm³/mol. The molecular formula is C16H25NS. The monoisotopic (exact) mass is 263 g/mol. The van der Waals surface area contributed by atoms with Crippen molar-refractivity contribution in [3.8, 4) is 0 Å². The topological polar surface area (TPSA) is 26.0 Å². The van der Waals surface area contributed by atoms with Gasteiger partial charge in [0.15, 0.2) is 0 Å². The van der Waals surface area contributed by atoms with Crippen LogP contribution >= 0.6 is 11.8 Å². The van der Waals surface area contributed by atoms with Crippen molar-refractivity contribution in [3.05, 3.63) is 29.8 Å². The highest BCUT2D eigenvalue weighted by Gasteiger charge is 2.28. The predicted octanol–water partition coefficient (Wildman–Crippen LogP) is 4.38. The van der Waals surface area contributed by atoms with Gasteiger partial charge in [-0.1, -0.05) is 37.5 Å². The molecule has 3 unspecified atom stereocenters. The van der Waals surface area contributed by atoms with Crippen LogP contribution in [0.3, 0.4) is 0 Å². The Bertz CT molecular complexity index is 360. The molecule has 2 N–H and O–H groups in total. The van der Waals surface area contributed by atoms with Crippen molar-refractivity contribution < 1.29 is 0 Å². The molecular weight excluding hydrogens is 238 g/mol. The summed E-state index contributed by atoms with van der Waals surface area (Å²) in [6.07, 6.45) is 6.52. The Hall–Kier alpha value is -0.470. The highest BCUT2D eigenvalue weighted by Crippen LogP contribution is 2.37. The van der Waals surface area contributed by atoms with Crippen LogP contribution in [0.15, 0.2) is 29.2 Å². The van der Waals surface area contributed by atoms with Gasteiger partial charge in [0, 0.05) is 16.2 Å². The van der Waals surface area contributed by atoms with E-state index in [1.54, 1.807) is 0 Å². The number of aryl methyl sites for hydroxylation is 1. The third kappa shape index (κ3) is 3.76. The number of hydrogen-bond acceptors (Lipinski definition) is 2. The van der Waals surface area contributed by atoms with E-state index >= 15 is 0 Å². The molecule has 2 heteroatoms. The third-order valence-corrected chi connectivity index (χ3v) is 5.35. The molecule has 1 saturated carbocycles. The number of rotatable bonds is 4. The Morgan fingerprint density at radius 2 is 1.94 bits per heavy atom. The Morgan fingerprint density at radius 1 is 1.22 bits per heavy atom. The van der Waals surface area contributed by atoms with Gasteiger partial charge in [0.05, 0.1) is 0 Å². The zero-order valence-electron chi connectivity index (χ0n) is 11.6. The molecule has 1 aliphatic carbocycles. The smallest absolute Gasteiger partial charge is 0.0248 e. The molecule has 1 nitrogen and oxygen atoms in total. The summed E-state index contributed by atoms with van der Waals surface area (Å²) >= 11 is 1.99. The minimum Gasteiger partial charge on any atom is -0.327 e. The van der Waals surface area contributed by atoms with E-state index in [9.17, 15) is 0 Å². The fourth-order valence-electron chi connectivity index (χ4n) is 2.83. The molecule has 0 heterocycles. The fourth-order valence-corrected chi connectivity index (χ4v) is 4.15. The fraction of sp³-hybridized carbons (Fsp3) is 0.625. The van der Waals surface area contributed by atoms with Crippen molar-refractivity contribution in [1.29, 1.82) is 0 Å². The highest BCUT2D eigenvalue weighted by atomic mass is 32.2. The number of hydrogen-bond donors (Lipinski definition) is 1. The van der Waals surface area contributed by atoms with E-state index in [4.69, 9.17) is 5.73 Å². The van der Waals surface area contributed by atoms with Crippen molar-refractivity contribution >= 4 is 11.8 Å². The van der Waals surface area contributed by atoms with Gasteiger partial charge in [0.2, 0.25) is 0 Å². The zero-order valence-corrected chi connectivity index (χ0v) is 12.4. The van der Waals surface area contributed by atoms with Gasteiger partial charge < -0.3 is 5.73 Å². The quantitative estimate of drug-likeness (QED) is 0.872. The van der Waals surface area contributed by atoms with Gasteiger partial charge in [-0.25, -0.2) is 0 Å². The Balaban J connectivity index is 1.95. The van der Waals surface area contributed by atoms with Crippen LogP contribution in [0.1, 0.15) is 44.6 Å². The van der Waals surface area contributed by atoms with Crippen LogP contribution in [0.4, 0.5) is 0 Å². The van der Waals surface area contributed by atoms with Crippen LogP contribution in [0.5, 0.6) is 0 Å². The molecule has 18 heavy (non-hydrogen) atoms. The molecule has 100 valence electrons. The molecule has 1 aromatic rings. The normalized spacial score (nSPS) is 28.3. The summed E-state index contributed by atoms with van der Waals surface area (Å²) in [5, 5.41) is 0.609. The first-order valence-electron chi connectivity index (χ1n) is 7.18. The van der Waals surface area contributed by atoms with E-state index in [1.807, 2.05) is 11.8 Å². The lowest BCUT2D eigenvalue weighted by Crippen LogP contribution is -2.38. The first kappa shape index (κ1) is 14.0. The molecule has 0 amide bonds. The molecule has 2 rings (SSSR count). The summed E-state index contributed by atoms with van der Waals surface area (Å²) in [7, 11) is 0. The van der Waals surface area contributed by atoms with Gasteiger partial charge in [-0.15, -0.1) is 11.8 Å². The maximum absolute atomic E-state index is 6.29. The molecule has 1 aliphatic rings. The van der Waals surface area contributed by atoms with E-state index in [1.165, 1.54) is 42.6 Å². The summed E-state index contributed by atoms with van der Waals surface area (Å²) in [5.41, 5.74) is 7.62. The van der Waals surface area contributed by atoms with E-state index in [-0.39, 0.29) is 0 Å². The highest BCUT2D eigenvalue weighted by molar-refractivity contribution is 8.00. The summed E-state index contributed by atoms with van der Waals surface area (Å²) < 4.78 is 0. The molecule has 0 spiro atoms. The molecule has 0 radical (unpaired) electrons. The summed E-state index contributed by atoms with van der Waals surface area (Å²) in [4.78, 5) is 1.37. The van der Waals surface area contributed by atoms with Crippen molar-refractivity contribution in [2.75, 3.05) is 0 Å². The minimum absolute atomic E-state index is 0.379. The lowest BCUT2D eigenvalue weighted by molar-refractivity contribution is 0.317. The Kier molecular flexibility index (Phi) is 5.13. The number of thioether (sulfide) groups is 1. The SMILES string of the molecule is CCCC1CCC(N)C(Sc2ccc(C)cc2)C1. The Morgan fingerprint density at radius 3 is 2.61 bits per heavy atom. The van der Waals surface area contributed by atoms with Crippen LogP contribution < -0.4 is 5.73 Å². The van der Waals surface area contributed by atoms with Crippen LogP contribution in [0.25, 0.3) is 0 Å². The first-order chi connectivity index (χ1) is 8.69. The van der Waals surface area contributed by atoms with Gasteiger partial charge in [-0.3, -0.25) is 0 Å². The van der Waals surface area contributed by atoms with Gasteiger partial charge in [-0.05, 0) is 44.2 Å². The Labute approximate surface area is 116 Å². The lowest BCUT2D eigenvalue weighted by Gasteiger charge is -2.33. The van der Waals surface area contributed by atoms with Crippen molar-refractivity contribution in [3.63, 3.8) is 0 Å². The second-order valence-electron chi connectivity index (χ2n) is 5.60. The standard InChI is InChI=1S/C16H25NS/c1-3-4-13-7-10-15(17)16(11-13)18-14-8-5-12(2)6-9-14/h5-6,8-9,13,15-16H,3-4,7,10-11,17H2,1-2H3. The molecule has 3 atom stereocenters. The van der Waals surface area contributed by atoms with Gasteiger partial charge in [0.1, 0.15) is 0 Å². The number of nitrogens with two attached hydrogens (primary N) is 1. The second kappa shape index (κ2) is 6.63. The van der Waals surface area contributed by atoms with E-state index in [0.29, 0.717) is 11.3 Å². The zero-order chi connectivity index (χ0) is 13.0. The van der Waals surface area contributed by atoms with Crippen molar-refractivity contribution in [2.24, 2.45) is 11.7 Å². The summed E-state index contributed by atoms with van der Waals surface area (Å²) in [5.74, 6) is 0.901. The van der Waals surface area contributed by atoms with Gasteiger partial charge in [-0.2, -0.15) is 0 Å². The first-order valence-corrected chi connectivity index (χ1v) is 8.06.